The van der Waals surface area contributed by atoms with Crippen molar-refractivity contribution in [3.63, 3.8) is 0 Å². The molecule has 3 N–H and O–H groups in total. The van der Waals surface area contributed by atoms with Gasteiger partial charge in [-0.2, -0.15) is 0 Å². The van der Waals surface area contributed by atoms with Crippen LogP contribution >= 0.6 is 0 Å². The molecule has 1 aliphatic carbocycles. The molecular formula is C22H24N4O2. The van der Waals surface area contributed by atoms with Gasteiger partial charge in [0, 0.05) is 29.4 Å². The summed E-state index contributed by atoms with van der Waals surface area (Å²) >= 11 is 0. The number of rotatable bonds is 3. The van der Waals surface area contributed by atoms with E-state index < -0.39 is 0 Å². The van der Waals surface area contributed by atoms with Crippen molar-refractivity contribution in [3.8, 4) is 0 Å². The molecule has 0 spiro atoms. The highest BCUT2D eigenvalue weighted by atomic mass is 16.2. The number of aromatic nitrogens is 1. The molecule has 3 aromatic rings. The van der Waals surface area contributed by atoms with E-state index in [4.69, 9.17) is 0 Å². The van der Waals surface area contributed by atoms with E-state index in [0.717, 1.165) is 36.8 Å². The lowest BCUT2D eigenvalue weighted by atomic mass is 9.83. The third-order valence-electron chi connectivity index (χ3n) is 6.18. The van der Waals surface area contributed by atoms with E-state index in [0.29, 0.717) is 22.7 Å². The fourth-order valence-electron chi connectivity index (χ4n) is 4.80. The molecule has 2 aliphatic rings. The number of nitrogens with one attached hydrogen (secondary N) is 3. The first-order valence-corrected chi connectivity index (χ1v) is 9.99. The highest BCUT2D eigenvalue weighted by molar-refractivity contribution is 5.94. The lowest BCUT2D eigenvalue weighted by Gasteiger charge is -2.31. The third-order valence-corrected chi connectivity index (χ3v) is 6.18. The van der Waals surface area contributed by atoms with Crippen LogP contribution in [-0.4, -0.2) is 29.1 Å². The van der Waals surface area contributed by atoms with Crippen LogP contribution in [0.1, 0.15) is 19.3 Å². The smallest absolute Gasteiger partial charge is 0.240 e. The summed E-state index contributed by atoms with van der Waals surface area (Å²) < 4.78 is 1.96. The molecule has 1 aliphatic heterocycles. The number of hydrazine groups is 1. The standard InChI is InChI=1S/C22H24N4O2/c27-21(24-15-9-10-18-14(11-15)12-23-25-18)13-26-19-7-3-1-5-16(19)22(28)17-6-2-4-8-20(17)26/h1-8,14-15,18,23,25H,9-13H2,(H,24,27). The van der Waals surface area contributed by atoms with Gasteiger partial charge in [0.25, 0.3) is 0 Å². The van der Waals surface area contributed by atoms with E-state index in [-0.39, 0.29) is 23.9 Å². The summed E-state index contributed by atoms with van der Waals surface area (Å²) in [4.78, 5) is 25.7. The molecule has 5 rings (SSSR count). The van der Waals surface area contributed by atoms with Gasteiger partial charge in [-0.15, -0.1) is 0 Å². The summed E-state index contributed by atoms with van der Waals surface area (Å²) in [7, 11) is 0. The van der Waals surface area contributed by atoms with Gasteiger partial charge < -0.3 is 9.88 Å². The molecular weight excluding hydrogens is 352 g/mol. The SMILES string of the molecule is O=C(Cn1c2ccccc2c(=O)c2ccccc21)NC1CCC2NNCC2C1. The minimum absolute atomic E-state index is 0.00122. The third kappa shape index (κ3) is 2.99. The second kappa shape index (κ2) is 7.04. The Labute approximate surface area is 162 Å². The van der Waals surface area contributed by atoms with E-state index in [1.54, 1.807) is 0 Å². The van der Waals surface area contributed by atoms with Crippen LogP contribution in [0.3, 0.4) is 0 Å². The molecule has 1 aromatic heterocycles. The number of hydrogen-bond donors (Lipinski definition) is 3. The number of nitrogens with zero attached hydrogens (tertiary/aromatic N) is 1. The van der Waals surface area contributed by atoms with Crippen LogP contribution in [0.4, 0.5) is 0 Å². The summed E-state index contributed by atoms with van der Waals surface area (Å²) in [5, 5.41) is 4.53. The fraction of sp³-hybridized carbons (Fsp3) is 0.364. The summed E-state index contributed by atoms with van der Waals surface area (Å²) in [5.74, 6) is 0.578. The molecule has 6 heteroatoms. The Morgan fingerprint density at radius 1 is 1.04 bits per heavy atom. The maximum atomic E-state index is 12.9. The number of para-hydroxylation sites is 2. The van der Waals surface area contributed by atoms with E-state index >= 15 is 0 Å². The molecule has 0 bridgehead atoms. The lowest BCUT2D eigenvalue weighted by Crippen LogP contribution is -2.45. The average Bonchev–Trinajstić information content (AvgIpc) is 3.19. The predicted molar refractivity (Wildman–Crippen MR) is 110 cm³/mol. The van der Waals surface area contributed by atoms with Crippen LogP contribution in [-0.2, 0) is 11.3 Å². The zero-order chi connectivity index (χ0) is 19.1. The Balaban J connectivity index is 1.45. The van der Waals surface area contributed by atoms with Gasteiger partial charge in [0.15, 0.2) is 5.43 Å². The molecule has 28 heavy (non-hydrogen) atoms. The molecule has 1 amide bonds. The molecule has 1 saturated carbocycles. The molecule has 0 radical (unpaired) electrons. The first-order valence-electron chi connectivity index (χ1n) is 9.99. The van der Waals surface area contributed by atoms with Gasteiger partial charge in [-0.1, -0.05) is 24.3 Å². The van der Waals surface area contributed by atoms with Crippen molar-refractivity contribution in [2.75, 3.05) is 6.54 Å². The van der Waals surface area contributed by atoms with E-state index in [9.17, 15) is 9.59 Å². The zero-order valence-corrected chi connectivity index (χ0v) is 15.7. The predicted octanol–water partition coefficient (Wildman–Crippen LogP) is 1.92. The van der Waals surface area contributed by atoms with E-state index in [2.05, 4.69) is 16.2 Å². The van der Waals surface area contributed by atoms with Crippen LogP contribution < -0.4 is 21.6 Å². The van der Waals surface area contributed by atoms with Crippen molar-refractivity contribution in [2.24, 2.45) is 5.92 Å². The second-order valence-corrected chi connectivity index (χ2v) is 7.92. The lowest BCUT2D eigenvalue weighted by molar-refractivity contribution is -0.122. The Bertz CT molecular complexity index is 1050. The largest absolute Gasteiger partial charge is 0.352 e. The molecule has 3 atom stereocenters. The quantitative estimate of drug-likeness (QED) is 0.611. The van der Waals surface area contributed by atoms with Crippen LogP contribution in [0.15, 0.2) is 53.3 Å². The van der Waals surface area contributed by atoms with Gasteiger partial charge in [0.1, 0.15) is 6.54 Å². The Hall–Kier alpha value is -2.70. The second-order valence-electron chi connectivity index (χ2n) is 7.92. The number of hydrogen-bond acceptors (Lipinski definition) is 4. The maximum Gasteiger partial charge on any atom is 0.240 e. The fourth-order valence-corrected chi connectivity index (χ4v) is 4.80. The average molecular weight is 376 g/mol. The first-order chi connectivity index (χ1) is 13.7. The summed E-state index contributed by atoms with van der Waals surface area (Å²) in [6.45, 7) is 1.18. The van der Waals surface area contributed by atoms with Crippen molar-refractivity contribution >= 4 is 27.7 Å². The summed E-state index contributed by atoms with van der Waals surface area (Å²) in [6.07, 6.45) is 3.07. The number of carbonyl (C=O) groups is 1. The van der Waals surface area contributed by atoms with Crippen molar-refractivity contribution < 1.29 is 4.79 Å². The van der Waals surface area contributed by atoms with Gasteiger partial charge in [-0.05, 0) is 49.4 Å². The van der Waals surface area contributed by atoms with Gasteiger partial charge in [0.2, 0.25) is 5.91 Å². The Morgan fingerprint density at radius 2 is 1.71 bits per heavy atom. The Morgan fingerprint density at radius 3 is 2.43 bits per heavy atom. The summed E-state index contributed by atoms with van der Waals surface area (Å²) in [6, 6.07) is 15.8. The van der Waals surface area contributed by atoms with E-state index in [1.165, 1.54) is 0 Å². The van der Waals surface area contributed by atoms with Gasteiger partial charge in [0.05, 0.1) is 11.0 Å². The van der Waals surface area contributed by atoms with Gasteiger partial charge in [-0.25, -0.2) is 0 Å². The molecule has 2 aromatic carbocycles. The number of carbonyl (C=O) groups excluding carboxylic acids is 1. The maximum absolute atomic E-state index is 12.9. The van der Waals surface area contributed by atoms with Crippen molar-refractivity contribution in [1.29, 1.82) is 0 Å². The summed E-state index contributed by atoms with van der Waals surface area (Å²) in [5.41, 5.74) is 8.17. The molecule has 144 valence electrons. The number of fused-ring (bicyclic) bond motifs is 3. The van der Waals surface area contributed by atoms with Gasteiger partial charge in [-0.3, -0.25) is 20.4 Å². The molecule has 2 fully saturated rings. The van der Waals surface area contributed by atoms with Crippen LogP contribution in [0.2, 0.25) is 0 Å². The van der Waals surface area contributed by atoms with E-state index in [1.807, 2.05) is 53.1 Å². The van der Waals surface area contributed by atoms with Crippen molar-refractivity contribution in [3.05, 3.63) is 58.8 Å². The molecule has 1 saturated heterocycles. The molecule has 2 heterocycles. The van der Waals surface area contributed by atoms with Crippen molar-refractivity contribution in [1.82, 2.24) is 20.7 Å². The molecule has 6 nitrogen and oxygen atoms in total. The Kier molecular flexibility index (Phi) is 4.37. The highest BCUT2D eigenvalue weighted by Crippen LogP contribution is 2.27. The van der Waals surface area contributed by atoms with Crippen LogP contribution in [0.25, 0.3) is 21.8 Å². The number of amides is 1. The van der Waals surface area contributed by atoms with Gasteiger partial charge >= 0.3 is 0 Å². The monoisotopic (exact) mass is 376 g/mol. The minimum atomic E-state index is 0.00122. The number of benzene rings is 2. The highest BCUT2D eigenvalue weighted by Gasteiger charge is 2.34. The zero-order valence-electron chi connectivity index (χ0n) is 15.7. The van der Waals surface area contributed by atoms with Crippen LogP contribution in [0, 0.1) is 5.92 Å². The molecule has 3 unspecified atom stereocenters. The van der Waals surface area contributed by atoms with Crippen LogP contribution in [0.5, 0.6) is 0 Å². The number of pyridine rings is 1. The minimum Gasteiger partial charge on any atom is -0.352 e. The van der Waals surface area contributed by atoms with Crippen molar-refractivity contribution in [2.45, 2.75) is 37.9 Å². The first kappa shape index (κ1) is 17.4. The topological polar surface area (TPSA) is 75.2 Å². The normalized spacial score (nSPS) is 24.4.